The Morgan fingerprint density at radius 3 is 2.65 bits per heavy atom. The number of aliphatic imine (C=N–C) groups is 1. The summed E-state index contributed by atoms with van der Waals surface area (Å²) in [6.07, 6.45) is 3.10. The zero-order chi connectivity index (χ0) is 22.1. The zero-order valence-electron chi connectivity index (χ0n) is 16.2. The first-order valence-electron chi connectivity index (χ1n) is 9.00. The molecule has 4 rings (SSSR count). The fourth-order valence-electron chi connectivity index (χ4n) is 3.03. The molecule has 0 aliphatic rings. The van der Waals surface area contributed by atoms with Gasteiger partial charge >= 0.3 is 0 Å². The van der Waals surface area contributed by atoms with E-state index in [1.807, 2.05) is 0 Å². The van der Waals surface area contributed by atoms with E-state index in [0.29, 0.717) is 16.8 Å². The van der Waals surface area contributed by atoms with E-state index in [2.05, 4.69) is 15.1 Å². The lowest BCUT2D eigenvalue weighted by Crippen LogP contribution is -2.19. The molecule has 31 heavy (non-hydrogen) atoms. The number of anilines is 1. The van der Waals surface area contributed by atoms with E-state index in [-0.39, 0.29) is 28.5 Å². The number of nitrogen functional groups attached to an aromatic ring is 1. The van der Waals surface area contributed by atoms with Crippen LogP contribution in [-0.4, -0.2) is 33.5 Å². The molecule has 8 nitrogen and oxygen atoms in total. The maximum absolute atomic E-state index is 14.9. The lowest BCUT2D eigenvalue weighted by Gasteiger charge is -2.09. The summed E-state index contributed by atoms with van der Waals surface area (Å²) < 4.78 is 35.5. The number of amides is 1. The van der Waals surface area contributed by atoms with Crippen LogP contribution in [0.25, 0.3) is 16.8 Å². The number of ether oxygens (including phenoxy) is 1. The van der Waals surface area contributed by atoms with E-state index in [1.165, 1.54) is 36.0 Å². The fourth-order valence-corrected chi connectivity index (χ4v) is 3.03. The molecule has 10 heteroatoms. The van der Waals surface area contributed by atoms with Crippen molar-refractivity contribution in [1.82, 2.24) is 14.6 Å². The third-order valence-electron chi connectivity index (χ3n) is 4.59. The highest BCUT2D eigenvalue weighted by Gasteiger charge is 2.19. The number of nitrogens with two attached hydrogens (primary N) is 2. The molecule has 4 N–H and O–H groups in total. The van der Waals surface area contributed by atoms with Gasteiger partial charge in [0.1, 0.15) is 28.9 Å². The standard InChI is InChI=1S/C21H16F2N6O2/c1-31-11-6-7-29-17(8-11)14(10-26-29)18-16(23)9-13(19(24)27-18)20(25)28-21(30)12-4-2-3-5-15(12)22/h2-10H,1H3,(H2,24,27)(H2,25,28,30). The summed E-state index contributed by atoms with van der Waals surface area (Å²) in [5.41, 5.74) is 12.3. The molecule has 0 unspecified atom stereocenters. The van der Waals surface area contributed by atoms with Gasteiger partial charge in [0.25, 0.3) is 5.91 Å². The molecular formula is C21H16F2N6O2. The van der Waals surface area contributed by atoms with Crippen LogP contribution < -0.4 is 16.2 Å². The van der Waals surface area contributed by atoms with Crippen LogP contribution in [0.5, 0.6) is 5.75 Å². The maximum Gasteiger partial charge on any atom is 0.281 e. The van der Waals surface area contributed by atoms with Gasteiger partial charge in [-0.25, -0.2) is 18.3 Å². The molecule has 0 bridgehead atoms. The highest BCUT2D eigenvalue weighted by Crippen LogP contribution is 2.29. The van der Waals surface area contributed by atoms with Crippen molar-refractivity contribution in [2.75, 3.05) is 12.8 Å². The third kappa shape index (κ3) is 3.66. The van der Waals surface area contributed by atoms with Crippen LogP contribution in [0.4, 0.5) is 14.6 Å². The summed E-state index contributed by atoms with van der Waals surface area (Å²) >= 11 is 0. The lowest BCUT2D eigenvalue weighted by atomic mass is 10.1. The quantitative estimate of drug-likeness (QED) is 0.385. The molecule has 0 saturated heterocycles. The van der Waals surface area contributed by atoms with E-state index in [9.17, 15) is 13.6 Å². The van der Waals surface area contributed by atoms with Gasteiger partial charge in [-0.1, -0.05) is 12.1 Å². The van der Waals surface area contributed by atoms with Gasteiger partial charge in [-0.05, 0) is 24.3 Å². The number of rotatable bonds is 4. The van der Waals surface area contributed by atoms with Gasteiger partial charge < -0.3 is 16.2 Å². The maximum atomic E-state index is 14.9. The number of hydrogen-bond acceptors (Lipinski definition) is 5. The number of carbonyl (C=O) groups is 1. The number of nitrogens with zero attached hydrogens (tertiary/aromatic N) is 4. The Kier molecular flexibility index (Phi) is 5.04. The number of amidine groups is 1. The minimum atomic E-state index is -0.922. The van der Waals surface area contributed by atoms with Gasteiger partial charge in [0.2, 0.25) is 0 Å². The Morgan fingerprint density at radius 1 is 1.13 bits per heavy atom. The predicted molar refractivity (Wildman–Crippen MR) is 111 cm³/mol. The van der Waals surface area contributed by atoms with Gasteiger partial charge in [0.05, 0.1) is 30.0 Å². The first-order chi connectivity index (χ1) is 14.9. The molecule has 0 atom stereocenters. The molecule has 0 aliphatic carbocycles. The molecule has 156 valence electrons. The van der Waals surface area contributed by atoms with E-state index in [0.717, 1.165) is 12.1 Å². The molecule has 0 spiro atoms. The normalized spacial score (nSPS) is 11.6. The Morgan fingerprint density at radius 2 is 1.90 bits per heavy atom. The number of halogens is 2. The second-order valence-corrected chi connectivity index (χ2v) is 6.49. The summed E-state index contributed by atoms with van der Waals surface area (Å²) in [6, 6.07) is 9.70. The lowest BCUT2D eigenvalue weighted by molar-refractivity contribution is 0.0999. The molecule has 1 amide bonds. The molecule has 0 aliphatic heterocycles. The van der Waals surface area contributed by atoms with Crippen molar-refractivity contribution in [2.45, 2.75) is 0 Å². The second kappa shape index (κ2) is 7.82. The summed E-state index contributed by atoms with van der Waals surface area (Å²) in [7, 11) is 1.51. The van der Waals surface area contributed by atoms with Crippen molar-refractivity contribution in [1.29, 1.82) is 0 Å². The van der Waals surface area contributed by atoms with Crippen molar-refractivity contribution in [2.24, 2.45) is 10.7 Å². The molecule has 3 heterocycles. The molecule has 0 fully saturated rings. The number of hydrogen-bond donors (Lipinski definition) is 2. The molecular weight excluding hydrogens is 406 g/mol. The number of pyridine rings is 2. The molecule has 4 aromatic rings. The first-order valence-corrected chi connectivity index (χ1v) is 9.00. The fraction of sp³-hybridized carbons (Fsp3) is 0.0476. The summed E-state index contributed by atoms with van der Waals surface area (Å²) in [6.45, 7) is 0. The van der Waals surface area contributed by atoms with E-state index < -0.39 is 17.5 Å². The minimum absolute atomic E-state index is 0.0577. The summed E-state index contributed by atoms with van der Waals surface area (Å²) in [5, 5.41) is 4.16. The number of benzene rings is 1. The highest BCUT2D eigenvalue weighted by atomic mass is 19.1. The highest BCUT2D eigenvalue weighted by molar-refractivity contribution is 6.10. The van der Waals surface area contributed by atoms with Crippen molar-refractivity contribution >= 4 is 23.1 Å². The predicted octanol–water partition coefficient (Wildman–Crippen LogP) is 2.81. The zero-order valence-corrected chi connectivity index (χ0v) is 16.2. The van der Waals surface area contributed by atoms with Crippen LogP contribution in [-0.2, 0) is 0 Å². The van der Waals surface area contributed by atoms with Crippen molar-refractivity contribution < 1.29 is 18.3 Å². The average Bonchev–Trinajstić information content (AvgIpc) is 3.18. The van der Waals surface area contributed by atoms with E-state index in [1.54, 1.807) is 18.3 Å². The average molecular weight is 422 g/mol. The summed E-state index contributed by atoms with van der Waals surface area (Å²) in [5.74, 6) is -2.40. The number of methoxy groups -OCH3 is 1. The molecule has 3 aromatic heterocycles. The Balaban J connectivity index is 1.74. The molecule has 0 radical (unpaired) electrons. The van der Waals surface area contributed by atoms with Gasteiger partial charge in [0, 0.05) is 17.8 Å². The summed E-state index contributed by atoms with van der Waals surface area (Å²) in [4.78, 5) is 20.0. The van der Waals surface area contributed by atoms with Crippen LogP contribution in [0.3, 0.4) is 0 Å². The third-order valence-corrected chi connectivity index (χ3v) is 4.59. The first kappa shape index (κ1) is 20.0. The van der Waals surface area contributed by atoms with Crippen LogP contribution in [0, 0.1) is 11.6 Å². The topological polar surface area (TPSA) is 121 Å². The number of fused-ring (bicyclic) bond motifs is 1. The van der Waals surface area contributed by atoms with Crippen LogP contribution in [0.1, 0.15) is 15.9 Å². The van der Waals surface area contributed by atoms with Gasteiger partial charge in [-0.15, -0.1) is 0 Å². The van der Waals surface area contributed by atoms with Crippen molar-refractivity contribution in [3.05, 3.63) is 77.6 Å². The van der Waals surface area contributed by atoms with Gasteiger partial charge in [0.15, 0.2) is 5.82 Å². The van der Waals surface area contributed by atoms with E-state index >= 15 is 0 Å². The van der Waals surface area contributed by atoms with Crippen molar-refractivity contribution in [3.8, 4) is 17.0 Å². The number of aromatic nitrogens is 3. The van der Waals surface area contributed by atoms with Crippen molar-refractivity contribution in [3.63, 3.8) is 0 Å². The van der Waals surface area contributed by atoms with Crippen LogP contribution >= 0.6 is 0 Å². The van der Waals surface area contributed by atoms with Crippen LogP contribution in [0.2, 0.25) is 0 Å². The minimum Gasteiger partial charge on any atom is -0.497 e. The Bertz CT molecular complexity index is 1350. The Hall–Kier alpha value is -4.34. The van der Waals surface area contributed by atoms with E-state index in [4.69, 9.17) is 16.2 Å². The SMILES string of the molecule is COc1ccn2ncc(-c3nc(N)c(C(N)=NC(=O)c4ccccc4F)cc3F)c2c1. The largest absolute Gasteiger partial charge is 0.497 e. The second-order valence-electron chi connectivity index (χ2n) is 6.49. The monoisotopic (exact) mass is 422 g/mol. The Labute approximate surface area is 174 Å². The molecule has 0 saturated carbocycles. The molecule has 1 aromatic carbocycles. The van der Waals surface area contributed by atoms with Gasteiger partial charge in [-0.2, -0.15) is 10.1 Å². The smallest absolute Gasteiger partial charge is 0.281 e. The van der Waals surface area contributed by atoms with Gasteiger partial charge in [-0.3, -0.25) is 4.79 Å². The van der Waals surface area contributed by atoms with Crippen LogP contribution in [0.15, 0.2) is 59.9 Å². The number of carbonyl (C=O) groups excluding carboxylic acids is 1.